The molecule has 0 unspecified atom stereocenters. The van der Waals surface area contributed by atoms with E-state index in [1.54, 1.807) is 12.3 Å². The summed E-state index contributed by atoms with van der Waals surface area (Å²) in [7, 11) is 7.29. The third-order valence-electron chi connectivity index (χ3n) is 6.63. The molecule has 1 aliphatic heterocycles. The van der Waals surface area contributed by atoms with E-state index >= 15 is 0 Å². The highest BCUT2D eigenvalue weighted by atomic mass is 16.6. The number of anilines is 3. The molecule has 0 bridgehead atoms. The van der Waals surface area contributed by atoms with Gasteiger partial charge in [-0.05, 0) is 32.6 Å². The Kier molecular flexibility index (Phi) is 7.01. The Bertz CT molecular complexity index is 1480. The summed E-state index contributed by atoms with van der Waals surface area (Å²) in [6.45, 7) is 2.92. The number of aromatic nitrogens is 3. The summed E-state index contributed by atoms with van der Waals surface area (Å²) < 4.78 is 13.7. The zero-order valence-corrected chi connectivity index (χ0v) is 22.0. The predicted molar refractivity (Wildman–Crippen MR) is 148 cm³/mol. The van der Waals surface area contributed by atoms with E-state index in [-0.39, 0.29) is 10.6 Å². The fourth-order valence-corrected chi connectivity index (χ4v) is 4.68. The number of methoxy groups -OCH3 is 1. The lowest BCUT2D eigenvalue weighted by molar-refractivity contribution is -0.384. The minimum absolute atomic E-state index is 0.0317. The number of ether oxygens (including phenoxy) is 2. The molecular formula is C27H31N7O4. The Morgan fingerprint density at radius 3 is 2.82 bits per heavy atom. The van der Waals surface area contributed by atoms with Gasteiger partial charge in [-0.2, -0.15) is 0 Å². The molecule has 2 aromatic carbocycles. The van der Waals surface area contributed by atoms with Crippen molar-refractivity contribution >= 4 is 33.9 Å². The molecule has 0 amide bonds. The average Bonchev–Trinajstić information content (AvgIpc) is 3.15. The average molecular weight is 518 g/mol. The van der Waals surface area contributed by atoms with Gasteiger partial charge in [-0.25, -0.2) is 9.97 Å². The molecule has 0 saturated heterocycles. The van der Waals surface area contributed by atoms with Gasteiger partial charge < -0.3 is 29.2 Å². The number of para-hydroxylation sites is 1. The first-order valence-electron chi connectivity index (χ1n) is 12.4. The number of nitro benzene ring substituents is 1. The number of benzene rings is 2. The lowest BCUT2D eigenvalue weighted by Crippen LogP contribution is -2.28. The Morgan fingerprint density at radius 2 is 2.05 bits per heavy atom. The fraction of sp³-hybridized carbons (Fsp3) is 0.333. The summed E-state index contributed by atoms with van der Waals surface area (Å²) in [4.78, 5) is 24.6. The smallest absolute Gasteiger partial charge is 0.294 e. The van der Waals surface area contributed by atoms with Crippen molar-refractivity contribution in [1.29, 1.82) is 0 Å². The van der Waals surface area contributed by atoms with Crippen molar-refractivity contribution in [2.75, 3.05) is 58.2 Å². The molecule has 0 atom stereocenters. The van der Waals surface area contributed by atoms with Gasteiger partial charge in [0.15, 0.2) is 0 Å². The molecule has 38 heavy (non-hydrogen) atoms. The monoisotopic (exact) mass is 517 g/mol. The summed E-state index contributed by atoms with van der Waals surface area (Å²) in [5.41, 5.74) is 3.61. The van der Waals surface area contributed by atoms with Gasteiger partial charge in [0.05, 0.1) is 35.5 Å². The van der Waals surface area contributed by atoms with Crippen LogP contribution in [0.25, 0.3) is 22.2 Å². The van der Waals surface area contributed by atoms with Gasteiger partial charge in [0.2, 0.25) is 5.95 Å². The zero-order valence-electron chi connectivity index (χ0n) is 22.0. The Hall–Kier alpha value is -4.38. The second-order valence-electron chi connectivity index (χ2n) is 9.50. The fourth-order valence-electron chi connectivity index (χ4n) is 4.68. The lowest BCUT2D eigenvalue weighted by Gasteiger charge is -2.22. The van der Waals surface area contributed by atoms with Crippen LogP contribution < -0.4 is 19.7 Å². The van der Waals surface area contributed by atoms with Crippen LogP contribution in [0.2, 0.25) is 0 Å². The highest BCUT2D eigenvalue weighted by Gasteiger charge is 2.23. The number of rotatable bonds is 9. The van der Waals surface area contributed by atoms with Crippen molar-refractivity contribution in [2.45, 2.75) is 13.0 Å². The second-order valence-corrected chi connectivity index (χ2v) is 9.50. The van der Waals surface area contributed by atoms with Gasteiger partial charge in [-0.3, -0.25) is 10.1 Å². The molecule has 198 valence electrons. The first kappa shape index (κ1) is 25.3. The highest BCUT2D eigenvalue weighted by Crippen LogP contribution is 2.40. The number of aryl methyl sites for hydroxylation is 1. The van der Waals surface area contributed by atoms with Crippen LogP contribution in [-0.4, -0.2) is 72.3 Å². The number of nitrogens with one attached hydrogen (secondary N) is 1. The molecule has 1 aliphatic rings. The molecule has 11 nitrogen and oxygen atoms in total. The maximum Gasteiger partial charge on any atom is 0.294 e. The Morgan fingerprint density at radius 1 is 1.21 bits per heavy atom. The third kappa shape index (κ3) is 4.92. The number of nitrogens with zero attached hydrogens (tertiary/aromatic N) is 6. The molecule has 0 aliphatic carbocycles. The largest absolute Gasteiger partial charge is 0.494 e. The number of nitro groups is 1. The molecule has 3 heterocycles. The first-order valence-corrected chi connectivity index (χ1v) is 12.4. The van der Waals surface area contributed by atoms with Crippen LogP contribution in [0.3, 0.4) is 0 Å². The summed E-state index contributed by atoms with van der Waals surface area (Å²) in [6.07, 6.45) is 4.69. The number of likely N-dealkylation sites (N-methyl/N-ethyl adjacent to an activating group) is 2. The Balaban J connectivity index is 1.50. The van der Waals surface area contributed by atoms with Crippen LogP contribution in [0.4, 0.5) is 23.0 Å². The van der Waals surface area contributed by atoms with E-state index in [0.29, 0.717) is 36.2 Å². The van der Waals surface area contributed by atoms with E-state index < -0.39 is 0 Å². The zero-order chi connectivity index (χ0) is 26.8. The van der Waals surface area contributed by atoms with Gasteiger partial charge >= 0.3 is 0 Å². The summed E-state index contributed by atoms with van der Waals surface area (Å²) in [5, 5.41) is 16.2. The van der Waals surface area contributed by atoms with E-state index in [1.807, 2.05) is 49.1 Å². The highest BCUT2D eigenvalue weighted by molar-refractivity contribution is 5.98. The molecular weight excluding hydrogens is 486 g/mol. The molecule has 5 rings (SSSR count). The Labute approximate surface area is 220 Å². The summed E-state index contributed by atoms with van der Waals surface area (Å²) in [6, 6.07) is 11.0. The van der Waals surface area contributed by atoms with Gasteiger partial charge in [-0.1, -0.05) is 12.1 Å². The van der Waals surface area contributed by atoms with Crippen LogP contribution in [-0.2, 0) is 6.54 Å². The molecule has 0 spiro atoms. The normalized spacial score (nSPS) is 12.8. The standard InChI is InChI=1S/C27H31N7O4/c1-31(2)12-13-32(3)22-16-25(37-4)21(15-23(22)34(35)36)30-27-28-10-9-20(29-27)19-17-33-11-6-14-38-24-8-5-7-18(19)26(24)33/h5,7-10,15-17H,6,11-14H2,1-4H3,(H,28,29,30). The molecule has 11 heteroatoms. The van der Waals surface area contributed by atoms with Gasteiger partial charge in [0.1, 0.15) is 17.2 Å². The minimum atomic E-state index is -0.387. The topological polar surface area (TPSA) is 111 Å². The number of hydrogen-bond acceptors (Lipinski definition) is 9. The summed E-state index contributed by atoms with van der Waals surface area (Å²) in [5.74, 6) is 1.63. The molecule has 0 fully saturated rings. The third-order valence-corrected chi connectivity index (χ3v) is 6.63. The van der Waals surface area contributed by atoms with E-state index in [1.165, 1.54) is 13.2 Å². The van der Waals surface area contributed by atoms with E-state index in [9.17, 15) is 10.1 Å². The van der Waals surface area contributed by atoms with Crippen molar-refractivity contribution < 1.29 is 14.4 Å². The molecule has 0 saturated carbocycles. The molecule has 4 aromatic rings. The first-order chi connectivity index (χ1) is 18.4. The quantitative estimate of drug-likeness (QED) is 0.253. The number of hydrogen-bond donors (Lipinski definition) is 1. The van der Waals surface area contributed by atoms with Gasteiger partial charge in [0.25, 0.3) is 5.69 Å². The molecule has 2 aromatic heterocycles. The van der Waals surface area contributed by atoms with Crippen LogP contribution in [0.15, 0.2) is 48.8 Å². The maximum absolute atomic E-state index is 12.0. The van der Waals surface area contributed by atoms with Crippen LogP contribution in [0.1, 0.15) is 6.42 Å². The van der Waals surface area contributed by atoms with Crippen molar-refractivity contribution in [3.8, 4) is 22.8 Å². The van der Waals surface area contributed by atoms with Crippen LogP contribution >= 0.6 is 0 Å². The van der Waals surface area contributed by atoms with Gasteiger partial charge in [0, 0.05) is 62.2 Å². The van der Waals surface area contributed by atoms with Crippen LogP contribution in [0.5, 0.6) is 11.5 Å². The van der Waals surface area contributed by atoms with E-state index in [0.717, 1.165) is 47.4 Å². The van der Waals surface area contributed by atoms with Crippen molar-refractivity contribution in [3.05, 3.63) is 58.9 Å². The maximum atomic E-state index is 12.0. The van der Waals surface area contributed by atoms with E-state index in [2.05, 4.69) is 27.1 Å². The van der Waals surface area contributed by atoms with Crippen molar-refractivity contribution in [2.24, 2.45) is 0 Å². The predicted octanol–water partition coefficient (Wildman–Crippen LogP) is 4.54. The van der Waals surface area contributed by atoms with Crippen molar-refractivity contribution in [1.82, 2.24) is 19.4 Å². The van der Waals surface area contributed by atoms with Crippen molar-refractivity contribution in [3.63, 3.8) is 0 Å². The summed E-state index contributed by atoms with van der Waals surface area (Å²) >= 11 is 0. The SMILES string of the molecule is COc1cc(N(C)CCN(C)C)c([N+](=O)[O-])cc1Nc1nccc(-c2cn3c4c(cccc24)OCCC3)n1. The second kappa shape index (κ2) is 10.5. The lowest BCUT2D eigenvalue weighted by atomic mass is 10.1. The van der Waals surface area contributed by atoms with Crippen LogP contribution in [0, 0.1) is 10.1 Å². The minimum Gasteiger partial charge on any atom is -0.494 e. The van der Waals surface area contributed by atoms with E-state index in [4.69, 9.17) is 14.5 Å². The molecule has 1 N–H and O–H groups in total. The van der Waals surface area contributed by atoms with Gasteiger partial charge in [-0.15, -0.1) is 0 Å². The molecule has 0 radical (unpaired) electrons.